The summed E-state index contributed by atoms with van der Waals surface area (Å²) in [6.07, 6.45) is -0.173. The van der Waals surface area contributed by atoms with Crippen LogP contribution in [0.3, 0.4) is 0 Å². The zero-order chi connectivity index (χ0) is 18.2. The first-order valence-electron chi connectivity index (χ1n) is 8.15. The molecular formula is C19H23FN2O3. The lowest BCUT2D eigenvalue weighted by Gasteiger charge is -2.19. The molecule has 0 spiro atoms. The smallest absolute Gasteiger partial charge is 0.315 e. The molecule has 134 valence electrons. The van der Waals surface area contributed by atoms with E-state index in [9.17, 15) is 14.3 Å². The van der Waals surface area contributed by atoms with Crippen LogP contribution < -0.4 is 15.4 Å². The molecule has 2 rings (SSSR count). The van der Waals surface area contributed by atoms with Gasteiger partial charge in [-0.1, -0.05) is 31.2 Å². The molecule has 2 unspecified atom stereocenters. The Morgan fingerprint density at radius 1 is 1.12 bits per heavy atom. The van der Waals surface area contributed by atoms with Gasteiger partial charge in [0, 0.05) is 6.54 Å². The number of urea groups is 1. The Hall–Kier alpha value is -2.60. The van der Waals surface area contributed by atoms with Crippen LogP contribution in [-0.4, -0.2) is 24.8 Å². The highest BCUT2D eigenvalue weighted by Crippen LogP contribution is 2.20. The van der Waals surface area contributed by atoms with Gasteiger partial charge >= 0.3 is 6.03 Å². The van der Waals surface area contributed by atoms with E-state index in [0.717, 1.165) is 17.7 Å². The molecule has 25 heavy (non-hydrogen) atoms. The second kappa shape index (κ2) is 9.03. The van der Waals surface area contributed by atoms with Crippen LogP contribution in [0.4, 0.5) is 9.18 Å². The molecule has 6 heteroatoms. The number of rotatable bonds is 7. The van der Waals surface area contributed by atoms with Crippen LogP contribution in [0.15, 0.2) is 48.5 Å². The fourth-order valence-corrected chi connectivity index (χ4v) is 2.46. The van der Waals surface area contributed by atoms with E-state index in [0.29, 0.717) is 5.56 Å². The zero-order valence-corrected chi connectivity index (χ0v) is 14.3. The third kappa shape index (κ3) is 5.46. The van der Waals surface area contributed by atoms with Gasteiger partial charge in [-0.3, -0.25) is 0 Å². The van der Waals surface area contributed by atoms with Gasteiger partial charge in [-0.15, -0.1) is 0 Å². The number of benzene rings is 2. The Kier molecular flexibility index (Phi) is 6.77. The van der Waals surface area contributed by atoms with Gasteiger partial charge in [0.15, 0.2) is 0 Å². The highest BCUT2D eigenvalue weighted by atomic mass is 19.1. The molecule has 2 aromatic carbocycles. The lowest BCUT2D eigenvalue weighted by Crippen LogP contribution is -2.39. The number of aliphatic hydroxyl groups is 1. The van der Waals surface area contributed by atoms with Gasteiger partial charge in [-0.2, -0.15) is 0 Å². The number of nitrogens with one attached hydrogen (secondary N) is 2. The van der Waals surface area contributed by atoms with Gasteiger partial charge < -0.3 is 20.5 Å². The molecule has 0 heterocycles. The van der Waals surface area contributed by atoms with E-state index >= 15 is 0 Å². The SMILES string of the molecule is CCC(NC(=O)NCC(O)c1ccc(F)cc1)c1ccc(OC)cc1. The Morgan fingerprint density at radius 3 is 2.28 bits per heavy atom. The topological polar surface area (TPSA) is 70.6 Å². The molecule has 0 radical (unpaired) electrons. The molecule has 0 saturated carbocycles. The maximum Gasteiger partial charge on any atom is 0.315 e. The first kappa shape index (κ1) is 18.7. The standard InChI is InChI=1S/C19H23FN2O3/c1-3-17(13-6-10-16(25-2)11-7-13)22-19(24)21-12-18(23)14-4-8-15(20)9-5-14/h4-11,17-18,23H,3,12H2,1-2H3,(H2,21,22,24). The van der Waals surface area contributed by atoms with Gasteiger partial charge in [0.2, 0.25) is 0 Å². The van der Waals surface area contributed by atoms with E-state index in [2.05, 4.69) is 10.6 Å². The van der Waals surface area contributed by atoms with E-state index < -0.39 is 6.10 Å². The Bertz CT molecular complexity index is 674. The van der Waals surface area contributed by atoms with Crippen LogP contribution in [0.1, 0.15) is 36.6 Å². The fourth-order valence-electron chi connectivity index (χ4n) is 2.46. The minimum atomic E-state index is -0.896. The molecule has 5 nitrogen and oxygen atoms in total. The molecule has 2 amide bonds. The van der Waals surface area contributed by atoms with Crippen molar-refractivity contribution in [2.45, 2.75) is 25.5 Å². The van der Waals surface area contributed by atoms with Gasteiger partial charge in [0.25, 0.3) is 0 Å². The number of carbonyl (C=O) groups excluding carboxylic acids is 1. The van der Waals surface area contributed by atoms with Gasteiger partial charge in [-0.05, 0) is 41.8 Å². The van der Waals surface area contributed by atoms with Gasteiger partial charge in [0.1, 0.15) is 11.6 Å². The number of ether oxygens (including phenoxy) is 1. The summed E-state index contributed by atoms with van der Waals surface area (Å²) in [7, 11) is 1.60. The van der Waals surface area contributed by atoms with E-state index in [4.69, 9.17) is 4.74 Å². The maximum absolute atomic E-state index is 12.9. The highest BCUT2D eigenvalue weighted by Gasteiger charge is 2.14. The largest absolute Gasteiger partial charge is 0.497 e. The first-order chi connectivity index (χ1) is 12.0. The summed E-state index contributed by atoms with van der Waals surface area (Å²) in [6, 6.07) is 12.5. The number of hydrogen-bond donors (Lipinski definition) is 3. The quantitative estimate of drug-likeness (QED) is 0.720. The molecule has 0 fully saturated rings. The van der Waals surface area contributed by atoms with Crippen molar-refractivity contribution < 1.29 is 19.0 Å². The van der Waals surface area contributed by atoms with Crippen molar-refractivity contribution in [3.8, 4) is 5.75 Å². The summed E-state index contributed by atoms with van der Waals surface area (Å²) < 4.78 is 18.0. The number of halogens is 1. The van der Waals surface area contributed by atoms with Crippen molar-refractivity contribution >= 4 is 6.03 Å². The molecule has 0 bridgehead atoms. The Balaban J connectivity index is 1.87. The summed E-state index contributed by atoms with van der Waals surface area (Å²) in [4.78, 5) is 12.1. The lowest BCUT2D eigenvalue weighted by molar-refractivity contribution is 0.172. The summed E-state index contributed by atoms with van der Waals surface area (Å²) in [5, 5.41) is 15.6. The maximum atomic E-state index is 12.9. The number of carbonyl (C=O) groups is 1. The van der Waals surface area contributed by atoms with E-state index in [1.807, 2.05) is 31.2 Å². The predicted octanol–water partition coefficient (Wildman–Crippen LogP) is 3.32. The third-order valence-corrected chi connectivity index (χ3v) is 3.94. The van der Waals surface area contributed by atoms with Crippen LogP contribution >= 0.6 is 0 Å². The van der Waals surface area contributed by atoms with Crippen molar-refractivity contribution in [3.63, 3.8) is 0 Å². The second-order valence-electron chi connectivity index (χ2n) is 5.66. The summed E-state index contributed by atoms with van der Waals surface area (Å²) in [5.74, 6) is 0.386. The number of methoxy groups -OCH3 is 1. The monoisotopic (exact) mass is 346 g/mol. The van der Waals surface area contributed by atoms with Crippen molar-refractivity contribution in [1.82, 2.24) is 10.6 Å². The molecule has 0 saturated heterocycles. The third-order valence-electron chi connectivity index (χ3n) is 3.94. The molecule has 2 aromatic rings. The zero-order valence-electron chi connectivity index (χ0n) is 14.3. The second-order valence-corrected chi connectivity index (χ2v) is 5.66. The molecule has 0 aromatic heterocycles. The number of aliphatic hydroxyl groups excluding tert-OH is 1. The normalized spacial score (nSPS) is 13.0. The minimum absolute atomic E-state index is 0.0382. The van der Waals surface area contributed by atoms with Crippen molar-refractivity contribution in [2.75, 3.05) is 13.7 Å². The molecule has 3 N–H and O–H groups in total. The van der Waals surface area contributed by atoms with Crippen molar-refractivity contribution in [3.05, 3.63) is 65.5 Å². The van der Waals surface area contributed by atoms with Crippen LogP contribution in [0, 0.1) is 5.82 Å². The van der Waals surface area contributed by atoms with E-state index in [-0.39, 0.29) is 24.4 Å². The highest BCUT2D eigenvalue weighted by molar-refractivity contribution is 5.74. The van der Waals surface area contributed by atoms with E-state index in [1.54, 1.807) is 7.11 Å². The molecule has 0 aliphatic heterocycles. The number of hydrogen-bond acceptors (Lipinski definition) is 3. The average molecular weight is 346 g/mol. The van der Waals surface area contributed by atoms with Crippen LogP contribution in [0.25, 0.3) is 0 Å². The molecule has 0 aliphatic rings. The number of amides is 2. The predicted molar refractivity (Wildman–Crippen MR) is 93.9 cm³/mol. The molecule has 0 aliphatic carbocycles. The molecule has 2 atom stereocenters. The lowest BCUT2D eigenvalue weighted by atomic mass is 10.0. The van der Waals surface area contributed by atoms with Crippen molar-refractivity contribution in [1.29, 1.82) is 0 Å². The Labute approximate surface area is 146 Å². The van der Waals surface area contributed by atoms with Crippen molar-refractivity contribution in [2.24, 2.45) is 0 Å². The van der Waals surface area contributed by atoms with Crippen LogP contribution in [0.5, 0.6) is 5.75 Å². The summed E-state index contributed by atoms with van der Waals surface area (Å²) in [6.45, 7) is 2.01. The van der Waals surface area contributed by atoms with Gasteiger partial charge in [-0.25, -0.2) is 9.18 Å². The fraction of sp³-hybridized carbons (Fsp3) is 0.316. The minimum Gasteiger partial charge on any atom is -0.497 e. The Morgan fingerprint density at radius 2 is 1.72 bits per heavy atom. The summed E-state index contributed by atoms with van der Waals surface area (Å²) in [5.41, 5.74) is 1.52. The molecular weight excluding hydrogens is 323 g/mol. The van der Waals surface area contributed by atoms with Crippen LogP contribution in [-0.2, 0) is 0 Å². The van der Waals surface area contributed by atoms with Gasteiger partial charge in [0.05, 0.1) is 19.3 Å². The van der Waals surface area contributed by atoms with E-state index in [1.165, 1.54) is 24.3 Å². The summed E-state index contributed by atoms with van der Waals surface area (Å²) >= 11 is 0. The van der Waals surface area contributed by atoms with Crippen LogP contribution in [0.2, 0.25) is 0 Å². The first-order valence-corrected chi connectivity index (χ1v) is 8.15. The average Bonchev–Trinajstić information content (AvgIpc) is 2.65.